The fourth-order valence-electron chi connectivity index (χ4n) is 3.97. The Kier molecular flexibility index (Phi) is 3.36. The van der Waals surface area contributed by atoms with Crippen molar-refractivity contribution in [3.05, 3.63) is 113 Å². The van der Waals surface area contributed by atoms with Crippen LogP contribution in [-0.2, 0) is 12.8 Å². The Morgan fingerprint density at radius 1 is 0.852 bits per heavy atom. The molecule has 1 nitrogen and oxygen atoms in total. The van der Waals surface area contributed by atoms with E-state index in [0.717, 1.165) is 17.7 Å². The van der Waals surface area contributed by atoms with Crippen LogP contribution in [0.15, 0.2) is 85.1 Å². The first-order valence-corrected chi connectivity index (χ1v) is 9.29. The molecule has 0 amide bonds. The molecule has 1 aliphatic rings. The second-order valence-corrected chi connectivity index (χ2v) is 7.06. The summed E-state index contributed by atoms with van der Waals surface area (Å²) in [5, 5.41) is 0. The Labute approximate surface area is 163 Å². The summed E-state index contributed by atoms with van der Waals surface area (Å²) in [5.74, 6) is 0. The molecular weight excluding hydrogens is 326 g/mol. The molecule has 0 unspecified atom stereocenters. The number of nitrogens with zero attached hydrogens (tertiary/aromatic N) is 1. The van der Waals surface area contributed by atoms with Gasteiger partial charge in [-0.05, 0) is 59.2 Å². The maximum atomic E-state index is 8.88. The van der Waals surface area contributed by atoms with Crippen LogP contribution in [0.3, 0.4) is 0 Å². The number of benzene rings is 3. The number of hydrogen-bond donors (Lipinski definition) is 0. The fraction of sp³-hybridized carbons (Fsp3) is 0.115. The number of fused-ring (bicyclic) bond motifs is 3. The molecule has 0 saturated carbocycles. The van der Waals surface area contributed by atoms with E-state index < -0.39 is 6.37 Å². The van der Waals surface area contributed by atoms with E-state index in [1.54, 1.807) is 6.20 Å². The van der Waals surface area contributed by atoms with Crippen molar-refractivity contribution in [2.45, 2.75) is 19.7 Å². The average molecular weight is 349 g/mol. The van der Waals surface area contributed by atoms with E-state index in [1.165, 1.54) is 27.8 Å². The monoisotopic (exact) mass is 349 g/mol. The van der Waals surface area contributed by atoms with Crippen LogP contribution >= 0.6 is 0 Å². The van der Waals surface area contributed by atoms with Crippen LogP contribution in [0, 0.1) is 6.92 Å². The molecule has 0 aliphatic heterocycles. The third kappa shape index (κ3) is 2.86. The smallest absolute Gasteiger partial charge is 0.0740 e. The van der Waals surface area contributed by atoms with Gasteiger partial charge in [0.25, 0.3) is 0 Å². The van der Waals surface area contributed by atoms with Crippen LogP contribution in [0.1, 0.15) is 30.6 Å². The SMILES string of the molecule is [2H]C([2H])(c1ccccc1)c1cccnc1-c1cccc2c1Cc1cc(C)ccc1-2. The highest BCUT2D eigenvalue weighted by Gasteiger charge is 2.22. The summed E-state index contributed by atoms with van der Waals surface area (Å²) in [6, 6.07) is 25.9. The number of aryl methyl sites for hydroxylation is 1. The van der Waals surface area contributed by atoms with Crippen molar-refractivity contribution in [2.75, 3.05) is 0 Å². The molecule has 0 spiro atoms. The maximum Gasteiger partial charge on any atom is 0.0740 e. The average Bonchev–Trinajstić information content (AvgIpc) is 3.12. The van der Waals surface area contributed by atoms with Gasteiger partial charge < -0.3 is 0 Å². The highest BCUT2D eigenvalue weighted by Crippen LogP contribution is 2.42. The van der Waals surface area contributed by atoms with Crippen molar-refractivity contribution in [3.8, 4) is 22.4 Å². The summed E-state index contributed by atoms with van der Waals surface area (Å²) in [5.41, 5.74) is 9.32. The van der Waals surface area contributed by atoms with E-state index in [9.17, 15) is 0 Å². The van der Waals surface area contributed by atoms with Gasteiger partial charge in [0.2, 0.25) is 0 Å². The highest BCUT2D eigenvalue weighted by molar-refractivity contribution is 5.84. The van der Waals surface area contributed by atoms with E-state index in [-0.39, 0.29) is 0 Å². The van der Waals surface area contributed by atoms with Crippen LogP contribution in [0.2, 0.25) is 0 Å². The van der Waals surface area contributed by atoms with Gasteiger partial charge in [0.15, 0.2) is 0 Å². The van der Waals surface area contributed by atoms with Gasteiger partial charge in [0, 0.05) is 14.5 Å². The lowest BCUT2D eigenvalue weighted by Crippen LogP contribution is -1.97. The molecule has 0 radical (unpaired) electrons. The largest absolute Gasteiger partial charge is 0.256 e. The summed E-state index contributed by atoms with van der Waals surface area (Å²) in [6.45, 7) is 2.12. The van der Waals surface area contributed by atoms with Gasteiger partial charge in [0.05, 0.1) is 5.69 Å². The number of hydrogen-bond acceptors (Lipinski definition) is 1. The summed E-state index contributed by atoms with van der Waals surface area (Å²) in [7, 11) is 0. The van der Waals surface area contributed by atoms with Gasteiger partial charge in [0.1, 0.15) is 0 Å². The Balaban J connectivity index is 1.69. The molecule has 27 heavy (non-hydrogen) atoms. The van der Waals surface area contributed by atoms with Crippen LogP contribution in [0.25, 0.3) is 22.4 Å². The molecule has 5 rings (SSSR count). The lowest BCUT2D eigenvalue weighted by Gasteiger charge is -2.13. The summed E-state index contributed by atoms with van der Waals surface area (Å²) >= 11 is 0. The number of rotatable bonds is 3. The van der Waals surface area contributed by atoms with Crippen LogP contribution in [-0.4, -0.2) is 4.98 Å². The second-order valence-electron chi connectivity index (χ2n) is 7.06. The summed E-state index contributed by atoms with van der Waals surface area (Å²) < 4.78 is 17.8. The normalized spacial score (nSPS) is 13.5. The van der Waals surface area contributed by atoms with Crippen molar-refractivity contribution < 1.29 is 2.74 Å². The third-order valence-corrected chi connectivity index (χ3v) is 5.21. The molecule has 3 aromatic carbocycles. The molecule has 0 fully saturated rings. The van der Waals surface area contributed by atoms with Crippen molar-refractivity contribution in [1.29, 1.82) is 0 Å². The van der Waals surface area contributed by atoms with Gasteiger partial charge >= 0.3 is 0 Å². The molecule has 1 aromatic heterocycles. The lowest BCUT2D eigenvalue weighted by atomic mass is 9.94. The van der Waals surface area contributed by atoms with Gasteiger partial charge in [-0.2, -0.15) is 0 Å². The predicted octanol–water partition coefficient (Wildman–Crippen LogP) is 6.22. The Morgan fingerprint density at radius 3 is 2.59 bits per heavy atom. The first kappa shape index (κ1) is 13.9. The molecular formula is C26H21N. The molecule has 0 saturated heterocycles. The minimum Gasteiger partial charge on any atom is -0.256 e. The molecule has 0 bridgehead atoms. The van der Waals surface area contributed by atoms with Gasteiger partial charge in [-0.3, -0.25) is 4.98 Å². The van der Waals surface area contributed by atoms with E-state index in [2.05, 4.69) is 48.3 Å². The van der Waals surface area contributed by atoms with E-state index >= 15 is 0 Å². The van der Waals surface area contributed by atoms with Crippen LogP contribution in [0.4, 0.5) is 0 Å². The van der Waals surface area contributed by atoms with Crippen molar-refractivity contribution in [1.82, 2.24) is 4.98 Å². The summed E-state index contributed by atoms with van der Waals surface area (Å²) in [6.07, 6.45) is 0.980. The molecule has 0 atom stereocenters. The zero-order valence-electron chi connectivity index (χ0n) is 17.2. The minimum atomic E-state index is -1.63. The first-order valence-electron chi connectivity index (χ1n) is 10.3. The van der Waals surface area contributed by atoms with Crippen LogP contribution in [0.5, 0.6) is 0 Å². The van der Waals surface area contributed by atoms with Crippen molar-refractivity contribution in [3.63, 3.8) is 0 Å². The van der Waals surface area contributed by atoms with Gasteiger partial charge in [-0.1, -0.05) is 78.4 Å². The third-order valence-electron chi connectivity index (χ3n) is 5.21. The second kappa shape index (κ2) is 6.51. The Hall–Kier alpha value is -3.19. The number of aromatic nitrogens is 1. The summed E-state index contributed by atoms with van der Waals surface area (Å²) in [4.78, 5) is 4.66. The fourth-order valence-corrected chi connectivity index (χ4v) is 3.97. The van der Waals surface area contributed by atoms with E-state index in [1.807, 2.05) is 42.5 Å². The van der Waals surface area contributed by atoms with E-state index in [0.29, 0.717) is 11.1 Å². The zero-order chi connectivity index (χ0) is 20.0. The molecule has 0 N–H and O–H groups in total. The quantitative estimate of drug-likeness (QED) is 0.377. The Morgan fingerprint density at radius 2 is 1.70 bits per heavy atom. The minimum absolute atomic E-state index is 0.603. The van der Waals surface area contributed by atoms with Crippen LogP contribution < -0.4 is 0 Å². The molecule has 4 aromatic rings. The molecule has 130 valence electrons. The molecule has 1 aliphatic carbocycles. The lowest BCUT2D eigenvalue weighted by molar-refractivity contribution is 1.14. The molecule has 1 heterocycles. The molecule has 1 heteroatoms. The first-order chi connectivity index (χ1) is 14.1. The van der Waals surface area contributed by atoms with Crippen molar-refractivity contribution in [2.24, 2.45) is 0 Å². The van der Waals surface area contributed by atoms with E-state index in [4.69, 9.17) is 2.74 Å². The van der Waals surface area contributed by atoms with Gasteiger partial charge in [-0.15, -0.1) is 0 Å². The van der Waals surface area contributed by atoms with Gasteiger partial charge in [-0.25, -0.2) is 0 Å². The maximum absolute atomic E-state index is 8.88. The Bertz CT molecular complexity index is 1210. The number of pyridine rings is 1. The standard InChI is InChI=1S/C26H21N/c1-18-12-13-22-21(15-18)17-25-23(22)10-5-11-24(25)26-20(9-6-14-27-26)16-19-7-3-2-4-8-19/h2-15H,16-17H2,1H3/i16D2. The predicted molar refractivity (Wildman–Crippen MR) is 112 cm³/mol. The topological polar surface area (TPSA) is 12.9 Å². The highest BCUT2D eigenvalue weighted by atomic mass is 14.7. The zero-order valence-corrected chi connectivity index (χ0v) is 15.2. The van der Waals surface area contributed by atoms with Crippen molar-refractivity contribution >= 4 is 0 Å².